The molecular formula is C27H28FN7O4. The summed E-state index contributed by atoms with van der Waals surface area (Å²) in [6.45, 7) is 0. The SMILES string of the molecule is COC(=O)N[C@@H]1CC[C@@H](n2c(=O)n(C)c3cnc4[nH]c(-c5cn(C)nc5OC)c(-c5cccc(F)c5)c4c32)C1. The van der Waals surface area contributed by atoms with Crippen LogP contribution in [0, 0.1) is 5.82 Å². The number of amides is 1. The Morgan fingerprint density at radius 2 is 2.05 bits per heavy atom. The Morgan fingerprint density at radius 3 is 2.79 bits per heavy atom. The molecule has 1 aliphatic rings. The number of pyridine rings is 1. The van der Waals surface area contributed by atoms with Gasteiger partial charge < -0.3 is 19.8 Å². The van der Waals surface area contributed by atoms with E-state index < -0.39 is 6.09 Å². The molecule has 0 aliphatic heterocycles. The maximum Gasteiger partial charge on any atom is 0.407 e. The second kappa shape index (κ2) is 9.29. The first-order valence-electron chi connectivity index (χ1n) is 12.6. The number of benzene rings is 1. The second-order valence-corrected chi connectivity index (χ2v) is 9.84. The van der Waals surface area contributed by atoms with Gasteiger partial charge in [0.1, 0.15) is 11.5 Å². The van der Waals surface area contributed by atoms with E-state index in [2.05, 4.69) is 20.4 Å². The number of nitrogens with zero attached hydrogens (tertiary/aromatic N) is 5. The molecule has 1 amide bonds. The number of halogens is 1. The summed E-state index contributed by atoms with van der Waals surface area (Å²) < 4.78 is 29.9. The third-order valence-electron chi connectivity index (χ3n) is 7.52. The van der Waals surface area contributed by atoms with Crippen LogP contribution < -0.4 is 15.7 Å². The van der Waals surface area contributed by atoms with E-state index in [9.17, 15) is 14.0 Å². The second-order valence-electron chi connectivity index (χ2n) is 9.84. The standard InChI is InChI=1S/C27H28FN7O4/c1-33-13-18(25(32-33)38-3)22-20(14-6-5-7-15(28)10-14)21-23-19(12-29-24(21)31-22)34(2)27(37)35(23)17-9-8-16(11-17)30-26(36)39-4/h5-7,10,12-13,16-17H,8-9,11H2,1-4H3,(H,29,31)(H,30,36)/t16-,17-/m1/s1. The molecule has 6 rings (SSSR count). The van der Waals surface area contributed by atoms with Gasteiger partial charge in [0.15, 0.2) is 0 Å². The molecule has 5 aromatic rings. The maximum absolute atomic E-state index is 14.6. The highest BCUT2D eigenvalue weighted by molar-refractivity contribution is 6.14. The number of carbonyl (C=O) groups excluding carboxylic acids is 1. The molecule has 4 heterocycles. The minimum Gasteiger partial charge on any atom is -0.479 e. The van der Waals surface area contributed by atoms with Crippen LogP contribution in [0.2, 0.25) is 0 Å². The van der Waals surface area contributed by atoms with Gasteiger partial charge in [-0.25, -0.2) is 19.0 Å². The van der Waals surface area contributed by atoms with Gasteiger partial charge in [-0.1, -0.05) is 12.1 Å². The van der Waals surface area contributed by atoms with Crippen molar-refractivity contribution < 1.29 is 18.7 Å². The number of hydrogen-bond donors (Lipinski definition) is 2. The number of aromatic amines is 1. The summed E-state index contributed by atoms with van der Waals surface area (Å²) in [7, 11) is 6.38. The average molecular weight is 534 g/mol. The highest BCUT2D eigenvalue weighted by atomic mass is 19.1. The van der Waals surface area contributed by atoms with Gasteiger partial charge in [-0.3, -0.25) is 13.8 Å². The zero-order chi connectivity index (χ0) is 27.4. The molecule has 202 valence electrons. The summed E-state index contributed by atoms with van der Waals surface area (Å²) in [5.74, 6) is 0.0139. The summed E-state index contributed by atoms with van der Waals surface area (Å²) >= 11 is 0. The van der Waals surface area contributed by atoms with E-state index in [-0.39, 0.29) is 23.6 Å². The molecule has 39 heavy (non-hydrogen) atoms. The summed E-state index contributed by atoms with van der Waals surface area (Å²) in [5, 5.41) is 7.96. The number of carbonyl (C=O) groups is 1. The molecule has 11 nitrogen and oxygen atoms in total. The van der Waals surface area contributed by atoms with E-state index in [1.165, 1.54) is 19.2 Å². The van der Waals surface area contributed by atoms with Crippen molar-refractivity contribution in [1.82, 2.24) is 34.2 Å². The van der Waals surface area contributed by atoms with Crippen LogP contribution in [-0.4, -0.2) is 55.2 Å². The largest absolute Gasteiger partial charge is 0.479 e. The molecular weight excluding hydrogens is 505 g/mol. The number of nitrogens with one attached hydrogen (secondary N) is 2. The van der Waals surface area contributed by atoms with Crippen LogP contribution in [0.4, 0.5) is 9.18 Å². The highest BCUT2D eigenvalue weighted by Gasteiger charge is 2.32. The number of imidazole rings is 1. The molecule has 2 atom stereocenters. The van der Waals surface area contributed by atoms with Crippen molar-refractivity contribution >= 4 is 28.2 Å². The molecule has 1 fully saturated rings. The fourth-order valence-electron chi connectivity index (χ4n) is 5.79. The number of rotatable bonds is 5. The van der Waals surface area contributed by atoms with Gasteiger partial charge in [0.2, 0.25) is 5.88 Å². The van der Waals surface area contributed by atoms with Gasteiger partial charge in [0.05, 0.1) is 48.1 Å². The van der Waals surface area contributed by atoms with Crippen LogP contribution in [-0.2, 0) is 18.8 Å². The van der Waals surface area contributed by atoms with Crippen molar-refractivity contribution in [2.75, 3.05) is 14.2 Å². The topological polar surface area (TPSA) is 121 Å². The molecule has 0 unspecified atom stereocenters. The number of methoxy groups -OCH3 is 2. The van der Waals surface area contributed by atoms with Crippen molar-refractivity contribution in [1.29, 1.82) is 0 Å². The van der Waals surface area contributed by atoms with Crippen LogP contribution in [0.5, 0.6) is 5.88 Å². The highest BCUT2D eigenvalue weighted by Crippen LogP contribution is 2.44. The third kappa shape index (κ3) is 3.94. The van der Waals surface area contributed by atoms with E-state index in [0.717, 1.165) is 0 Å². The Bertz CT molecular complexity index is 1800. The van der Waals surface area contributed by atoms with Crippen LogP contribution in [0.25, 0.3) is 44.5 Å². The lowest BCUT2D eigenvalue weighted by atomic mass is 9.99. The number of H-pyrrole nitrogens is 1. The summed E-state index contributed by atoms with van der Waals surface area (Å²) in [6, 6.07) is 6.05. The zero-order valence-electron chi connectivity index (χ0n) is 22.0. The van der Waals surface area contributed by atoms with Gasteiger partial charge in [-0.2, -0.15) is 0 Å². The molecule has 0 saturated heterocycles. The van der Waals surface area contributed by atoms with Crippen molar-refractivity contribution in [3.8, 4) is 28.3 Å². The van der Waals surface area contributed by atoms with E-state index >= 15 is 0 Å². The lowest BCUT2D eigenvalue weighted by Crippen LogP contribution is -2.33. The monoisotopic (exact) mass is 533 g/mol. The first-order valence-corrected chi connectivity index (χ1v) is 12.6. The normalized spacial score (nSPS) is 17.3. The number of aryl methyl sites for hydroxylation is 2. The fraction of sp³-hybridized carbons (Fsp3) is 0.333. The van der Waals surface area contributed by atoms with Gasteiger partial charge >= 0.3 is 11.8 Å². The molecule has 4 aromatic heterocycles. The molecule has 0 bridgehead atoms. The lowest BCUT2D eigenvalue weighted by Gasteiger charge is -2.15. The van der Waals surface area contributed by atoms with Gasteiger partial charge in [0, 0.05) is 37.9 Å². The number of aromatic nitrogens is 6. The first kappa shape index (κ1) is 24.7. The quantitative estimate of drug-likeness (QED) is 0.354. The van der Waals surface area contributed by atoms with Gasteiger partial charge in [0.25, 0.3) is 0 Å². The first-order chi connectivity index (χ1) is 18.8. The van der Waals surface area contributed by atoms with Crippen molar-refractivity contribution in [3.05, 3.63) is 53.0 Å². The third-order valence-corrected chi connectivity index (χ3v) is 7.52. The number of fused-ring (bicyclic) bond motifs is 3. The Kier molecular flexibility index (Phi) is 5.89. The molecule has 1 aromatic carbocycles. The van der Waals surface area contributed by atoms with Crippen molar-refractivity contribution in [2.24, 2.45) is 14.1 Å². The van der Waals surface area contributed by atoms with Crippen LogP contribution in [0.3, 0.4) is 0 Å². The molecule has 0 radical (unpaired) electrons. The van der Waals surface area contributed by atoms with Crippen molar-refractivity contribution in [3.63, 3.8) is 0 Å². The summed E-state index contributed by atoms with van der Waals surface area (Å²) in [5.41, 5.74) is 4.35. The van der Waals surface area contributed by atoms with Crippen LogP contribution in [0.1, 0.15) is 25.3 Å². The minimum atomic E-state index is -0.494. The Balaban J connectivity index is 1.66. The van der Waals surface area contributed by atoms with E-state index in [0.29, 0.717) is 69.6 Å². The predicted molar refractivity (Wildman–Crippen MR) is 143 cm³/mol. The van der Waals surface area contributed by atoms with Crippen molar-refractivity contribution in [2.45, 2.75) is 31.3 Å². The van der Waals surface area contributed by atoms with Gasteiger partial charge in [-0.15, -0.1) is 5.10 Å². The van der Waals surface area contributed by atoms with Crippen LogP contribution in [0.15, 0.2) is 41.5 Å². The molecule has 1 saturated carbocycles. The lowest BCUT2D eigenvalue weighted by molar-refractivity contribution is 0.166. The Morgan fingerprint density at radius 1 is 1.23 bits per heavy atom. The maximum atomic E-state index is 14.6. The van der Waals surface area contributed by atoms with E-state index in [1.54, 1.807) is 47.3 Å². The van der Waals surface area contributed by atoms with E-state index in [4.69, 9.17) is 9.47 Å². The average Bonchev–Trinajstić information content (AvgIpc) is 3.68. The number of ether oxygens (including phenoxy) is 2. The zero-order valence-corrected chi connectivity index (χ0v) is 22.0. The Labute approximate surface area is 222 Å². The van der Waals surface area contributed by atoms with Crippen LogP contribution >= 0.6 is 0 Å². The van der Waals surface area contributed by atoms with E-state index in [1.807, 2.05) is 12.3 Å². The smallest absolute Gasteiger partial charge is 0.407 e. The number of hydrogen-bond acceptors (Lipinski definition) is 6. The number of alkyl carbamates (subject to hydrolysis) is 1. The Hall–Kier alpha value is -4.61. The van der Waals surface area contributed by atoms with Gasteiger partial charge in [-0.05, 0) is 37.0 Å². The summed E-state index contributed by atoms with van der Waals surface area (Å²) in [6.07, 6.45) is 4.97. The molecule has 0 spiro atoms. The molecule has 1 aliphatic carbocycles. The predicted octanol–water partition coefficient (Wildman–Crippen LogP) is 3.88. The molecule has 2 N–H and O–H groups in total. The molecule has 12 heteroatoms. The fourth-order valence-corrected chi connectivity index (χ4v) is 5.79. The minimum absolute atomic E-state index is 0.119. The summed E-state index contributed by atoms with van der Waals surface area (Å²) in [4.78, 5) is 33.6.